The number of benzene rings is 2. The lowest BCUT2D eigenvalue weighted by Gasteiger charge is -2.06. The van der Waals surface area contributed by atoms with Gasteiger partial charge in [-0.1, -0.05) is 29.7 Å². The van der Waals surface area contributed by atoms with Crippen LogP contribution in [0.3, 0.4) is 0 Å². The highest BCUT2D eigenvalue weighted by Gasteiger charge is 2.02. The summed E-state index contributed by atoms with van der Waals surface area (Å²) in [4.78, 5) is 11.7. The van der Waals surface area contributed by atoms with Crippen molar-refractivity contribution in [3.05, 3.63) is 59.1 Å². The lowest BCUT2D eigenvalue weighted by atomic mass is 10.2. The van der Waals surface area contributed by atoms with E-state index < -0.39 is 0 Å². The molecule has 2 aromatic rings. The average molecular weight is 343 g/mol. The summed E-state index contributed by atoms with van der Waals surface area (Å²) in [5, 5.41) is 4.48. The minimum Gasteiger partial charge on any atom is -0.484 e. The first-order chi connectivity index (χ1) is 11.7. The number of terminal acetylenes is 1. The average Bonchev–Trinajstić information content (AvgIpc) is 2.60. The van der Waals surface area contributed by atoms with Gasteiger partial charge in [0.15, 0.2) is 6.61 Å². The van der Waals surface area contributed by atoms with Crippen molar-refractivity contribution in [1.82, 2.24) is 5.43 Å². The van der Waals surface area contributed by atoms with Crippen molar-refractivity contribution >= 4 is 23.7 Å². The first kappa shape index (κ1) is 17.4. The fraction of sp³-hybridized carbons (Fsp3) is 0.111. The molecule has 2 rings (SSSR count). The molecule has 0 fully saturated rings. The predicted octanol–water partition coefficient (Wildman–Crippen LogP) is 2.88. The second-order valence-electron chi connectivity index (χ2n) is 4.57. The molecular weight excluding hydrogens is 328 g/mol. The first-order valence-electron chi connectivity index (χ1n) is 7.04. The number of amides is 1. The van der Waals surface area contributed by atoms with Crippen LogP contribution in [0, 0.1) is 12.3 Å². The van der Waals surface area contributed by atoms with Crippen molar-refractivity contribution in [2.75, 3.05) is 13.2 Å². The summed E-state index contributed by atoms with van der Waals surface area (Å²) in [5.41, 5.74) is 3.08. The van der Waals surface area contributed by atoms with Crippen LogP contribution >= 0.6 is 11.6 Å². The van der Waals surface area contributed by atoms with Gasteiger partial charge in [-0.3, -0.25) is 4.79 Å². The summed E-state index contributed by atoms with van der Waals surface area (Å²) >= 11 is 5.77. The van der Waals surface area contributed by atoms with Gasteiger partial charge >= 0.3 is 0 Å². The standard InChI is InChI=1S/C18H15ClN2O3/c1-2-11-23-17-6-4-3-5-14(17)12-20-21-18(22)13-24-16-9-7-15(19)8-10-16/h1,3-10,12H,11,13H2,(H,21,22)/b20-12-. The number of rotatable bonds is 7. The molecule has 2 aromatic carbocycles. The summed E-state index contributed by atoms with van der Waals surface area (Å²) in [7, 11) is 0. The van der Waals surface area contributed by atoms with Gasteiger partial charge in [-0.2, -0.15) is 5.10 Å². The van der Waals surface area contributed by atoms with Gasteiger partial charge in [0.2, 0.25) is 0 Å². The number of carbonyl (C=O) groups is 1. The molecule has 0 saturated heterocycles. The Balaban J connectivity index is 1.84. The van der Waals surface area contributed by atoms with Gasteiger partial charge in [-0.05, 0) is 36.4 Å². The van der Waals surface area contributed by atoms with E-state index in [2.05, 4.69) is 16.4 Å². The molecule has 0 atom stereocenters. The van der Waals surface area contributed by atoms with Crippen LogP contribution in [0.1, 0.15) is 5.56 Å². The molecule has 0 aromatic heterocycles. The number of nitrogens with zero attached hydrogens (tertiary/aromatic N) is 1. The highest BCUT2D eigenvalue weighted by molar-refractivity contribution is 6.30. The smallest absolute Gasteiger partial charge is 0.277 e. The molecule has 5 nitrogen and oxygen atoms in total. The van der Waals surface area contributed by atoms with Crippen molar-refractivity contribution in [3.63, 3.8) is 0 Å². The van der Waals surface area contributed by atoms with Crippen molar-refractivity contribution in [1.29, 1.82) is 0 Å². The van der Waals surface area contributed by atoms with E-state index >= 15 is 0 Å². The van der Waals surface area contributed by atoms with Crippen LogP contribution in [0.2, 0.25) is 5.02 Å². The fourth-order valence-electron chi connectivity index (χ4n) is 1.72. The number of nitrogens with one attached hydrogen (secondary N) is 1. The molecule has 0 aliphatic carbocycles. The van der Waals surface area contributed by atoms with Gasteiger partial charge < -0.3 is 9.47 Å². The number of halogens is 1. The summed E-state index contributed by atoms with van der Waals surface area (Å²) < 4.78 is 10.7. The van der Waals surface area contributed by atoms with E-state index in [1.54, 1.807) is 36.4 Å². The molecule has 24 heavy (non-hydrogen) atoms. The molecule has 1 amide bonds. The van der Waals surface area contributed by atoms with Gasteiger partial charge in [0.1, 0.15) is 18.1 Å². The number of hydrogen-bond acceptors (Lipinski definition) is 4. The summed E-state index contributed by atoms with van der Waals surface area (Å²) in [6.45, 7) is 0.000355. The van der Waals surface area contributed by atoms with Gasteiger partial charge in [0.05, 0.1) is 6.21 Å². The maximum Gasteiger partial charge on any atom is 0.277 e. The third-order valence-corrected chi connectivity index (χ3v) is 3.06. The van der Waals surface area contributed by atoms with Crippen molar-refractivity contribution in [2.24, 2.45) is 5.10 Å². The Kier molecular flexibility index (Phi) is 6.69. The Labute approximate surface area is 145 Å². The zero-order valence-corrected chi connectivity index (χ0v) is 13.5. The number of ether oxygens (including phenoxy) is 2. The number of hydrazone groups is 1. The van der Waals surface area contributed by atoms with Gasteiger partial charge in [0, 0.05) is 10.6 Å². The molecule has 0 aliphatic rings. The van der Waals surface area contributed by atoms with Crippen LogP contribution in [0.5, 0.6) is 11.5 Å². The SMILES string of the molecule is C#CCOc1ccccc1/C=N\NC(=O)COc1ccc(Cl)cc1. The van der Waals surface area contributed by atoms with Crippen LogP contribution in [0.15, 0.2) is 53.6 Å². The van der Waals surface area contributed by atoms with Crippen molar-refractivity contribution in [3.8, 4) is 23.8 Å². The normalized spacial score (nSPS) is 10.2. The zero-order chi connectivity index (χ0) is 17.2. The second kappa shape index (κ2) is 9.23. The monoisotopic (exact) mass is 342 g/mol. The summed E-state index contributed by atoms with van der Waals surface area (Å²) in [6.07, 6.45) is 6.65. The lowest BCUT2D eigenvalue weighted by Crippen LogP contribution is -2.24. The number of para-hydroxylation sites is 1. The van der Waals surface area contributed by atoms with Crippen molar-refractivity contribution < 1.29 is 14.3 Å². The Morgan fingerprint density at radius 1 is 1.21 bits per heavy atom. The van der Waals surface area contributed by atoms with E-state index in [4.69, 9.17) is 27.5 Å². The Morgan fingerprint density at radius 3 is 2.71 bits per heavy atom. The van der Waals surface area contributed by atoms with E-state index in [9.17, 15) is 4.79 Å². The molecule has 6 heteroatoms. The lowest BCUT2D eigenvalue weighted by molar-refractivity contribution is -0.123. The molecule has 0 aliphatic heterocycles. The molecule has 0 heterocycles. The third kappa shape index (κ3) is 5.67. The number of hydrogen-bond donors (Lipinski definition) is 1. The molecule has 0 unspecified atom stereocenters. The minimum absolute atomic E-state index is 0.159. The van der Waals surface area contributed by atoms with E-state index in [0.717, 1.165) is 0 Å². The topological polar surface area (TPSA) is 59.9 Å². The maximum absolute atomic E-state index is 11.7. The predicted molar refractivity (Wildman–Crippen MR) is 93.5 cm³/mol. The number of carbonyl (C=O) groups excluding carboxylic acids is 1. The summed E-state index contributed by atoms with van der Waals surface area (Å²) in [5.74, 6) is 3.14. The van der Waals surface area contributed by atoms with Gasteiger partial charge in [0.25, 0.3) is 5.91 Å². The molecular formula is C18H15ClN2O3. The van der Waals surface area contributed by atoms with E-state index in [0.29, 0.717) is 22.1 Å². The van der Waals surface area contributed by atoms with Crippen molar-refractivity contribution in [2.45, 2.75) is 0 Å². The van der Waals surface area contributed by atoms with Crippen LogP contribution < -0.4 is 14.9 Å². The molecule has 122 valence electrons. The quantitative estimate of drug-likeness (QED) is 0.478. The maximum atomic E-state index is 11.7. The van der Waals surface area contributed by atoms with Crippen LogP contribution in [-0.4, -0.2) is 25.3 Å². The molecule has 0 spiro atoms. The highest BCUT2D eigenvalue weighted by atomic mass is 35.5. The first-order valence-corrected chi connectivity index (χ1v) is 7.42. The van der Waals surface area contributed by atoms with Gasteiger partial charge in [-0.15, -0.1) is 6.42 Å². The summed E-state index contributed by atoms with van der Waals surface area (Å²) in [6, 6.07) is 13.9. The highest BCUT2D eigenvalue weighted by Crippen LogP contribution is 2.16. The Morgan fingerprint density at radius 2 is 1.96 bits per heavy atom. The zero-order valence-electron chi connectivity index (χ0n) is 12.7. The van der Waals surface area contributed by atoms with E-state index in [1.165, 1.54) is 6.21 Å². The van der Waals surface area contributed by atoms with E-state index in [-0.39, 0.29) is 19.1 Å². The Hall–Kier alpha value is -2.97. The second-order valence-corrected chi connectivity index (χ2v) is 5.00. The molecule has 0 saturated carbocycles. The van der Waals surface area contributed by atoms with Crippen LogP contribution in [-0.2, 0) is 4.79 Å². The molecule has 0 radical (unpaired) electrons. The largest absolute Gasteiger partial charge is 0.484 e. The third-order valence-electron chi connectivity index (χ3n) is 2.81. The molecule has 1 N–H and O–H groups in total. The van der Waals surface area contributed by atoms with E-state index in [1.807, 2.05) is 12.1 Å². The van der Waals surface area contributed by atoms with Crippen LogP contribution in [0.25, 0.3) is 0 Å². The van der Waals surface area contributed by atoms with Gasteiger partial charge in [-0.25, -0.2) is 5.43 Å². The molecule has 0 bridgehead atoms. The van der Waals surface area contributed by atoms with Crippen LogP contribution in [0.4, 0.5) is 0 Å². The Bertz CT molecular complexity index is 752. The fourth-order valence-corrected chi connectivity index (χ4v) is 1.85. The minimum atomic E-state index is -0.386.